The van der Waals surface area contributed by atoms with Crippen molar-refractivity contribution in [2.45, 2.75) is 26.3 Å². The van der Waals surface area contributed by atoms with Gasteiger partial charge in [-0.1, -0.05) is 11.6 Å². The van der Waals surface area contributed by atoms with Crippen LogP contribution in [0, 0.1) is 13.8 Å². The van der Waals surface area contributed by atoms with Gasteiger partial charge in [-0.05, 0) is 65.5 Å². The third kappa shape index (κ3) is 2.17. The Morgan fingerprint density at radius 2 is 2.10 bits per heavy atom. The van der Waals surface area contributed by atoms with Gasteiger partial charge in [0, 0.05) is 28.0 Å². The summed E-state index contributed by atoms with van der Waals surface area (Å²) >= 11 is 5.38. The normalized spacial score (nSPS) is 18.1. The quantitative estimate of drug-likeness (QED) is 0.638. The average molecular weight is 361 g/mol. The maximum absolute atomic E-state index is 3.70. The molecular formula is C17H17BrN2S. The lowest BCUT2D eigenvalue weighted by atomic mass is 9.97. The lowest BCUT2D eigenvalue weighted by Gasteiger charge is -2.23. The van der Waals surface area contributed by atoms with Gasteiger partial charge in [-0.2, -0.15) is 0 Å². The summed E-state index contributed by atoms with van der Waals surface area (Å²) in [6.45, 7) is 5.41. The van der Waals surface area contributed by atoms with Crippen molar-refractivity contribution in [1.82, 2.24) is 10.3 Å². The fourth-order valence-electron chi connectivity index (χ4n) is 3.41. The Balaban J connectivity index is 1.94. The van der Waals surface area contributed by atoms with E-state index >= 15 is 0 Å². The Hall–Kier alpha value is -1.10. The monoisotopic (exact) mass is 360 g/mol. The van der Waals surface area contributed by atoms with Crippen LogP contribution in [0.3, 0.4) is 0 Å². The number of halogens is 1. The van der Waals surface area contributed by atoms with Gasteiger partial charge < -0.3 is 10.3 Å². The second-order valence-corrected chi connectivity index (χ2v) is 8.30. The maximum Gasteiger partial charge on any atom is 0.0826 e. The van der Waals surface area contributed by atoms with Gasteiger partial charge in [0.15, 0.2) is 0 Å². The van der Waals surface area contributed by atoms with Crippen LogP contribution in [0.1, 0.15) is 33.3 Å². The van der Waals surface area contributed by atoms with Crippen LogP contribution in [0.15, 0.2) is 28.1 Å². The van der Waals surface area contributed by atoms with E-state index in [0.717, 1.165) is 13.0 Å². The largest absolute Gasteiger partial charge is 0.356 e. The predicted octanol–water partition coefficient (Wildman–Crippen LogP) is 4.84. The third-order valence-electron chi connectivity index (χ3n) is 4.28. The Labute approximate surface area is 136 Å². The molecule has 3 heterocycles. The zero-order chi connectivity index (χ0) is 14.6. The van der Waals surface area contributed by atoms with E-state index in [2.05, 4.69) is 64.3 Å². The lowest BCUT2D eigenvalue weighted by molar-refractivity contribution is 0.567. The number of fused-ring (bicyclic) bond motifs is 3. The van der Waals surface area contributed by atoms with Crippen LogP contribution in [0.2, 0.25) is 0 Å². The highest BCUT2D eigenvalue weighted by Gasteiger charge is 2.26. The first-order valence-electron chi connectivity index (χ1n) is 7.24. The summed E-state index contributed by atoms with van der Waals surface area (Å²) in [5.74, 6) is 0. The number of benzene rings is 1. The Morgan fingerprint density at radius 3 is 2.86 bits per heavy atom. The summed E-state index contributed by atoms with van der Waals surface area (Å²) in [5, 5.41) is 5.07. The lowest BCUT2D eigenvalue weighted by Crippen LogP contribution is -2.29. The first kappa shape index (κ1) is 13.6. The van der Waals surface area contributed by atoms with Crippen molar-refractivity contribution in [2.75, 3.05) is 6.54 Å². The zero-order valence-corrected chi connectivity index (χ0v) is 14.5. The summed E-state index contributed by atoms with van der Waals surface area (Å²) in [7, 11) is 0. The molecule has 1 unspecified atom stereocenters. The van der Waals surface area contributed by atoms with Crippen molar-refractivity contribution in [1.29, 1.82) is 0 Å². The van der Waals surface area contributed by atoms with E-state index in [1.807, 2.05) is 11.3 Å². The minimum Gasteiger partial charge on any atom is -0.356 e. The van der Waals surface area contributed by atoms with Crippen molar-refractivity contribution < 1.29 is 0 Å². The van der Waals surface area contributed by atoms with E-state index in [-0.39, 0.29) is 6.04 Å². The Morgan fingerprint density at radius 1 is 1.24 bits per heavy atom. The van der Waals surface area contributed by atoms with Crippen LogP contribution in [0.5, 0.6) is 0 Å². The predicted molar refractivity (Wildman–Crippen MR) is 93.3 cm³/mol. The molecule has 4 heteroatoms. The van der Waals surface area contributed by atoms with Gasteiger partial charge >= 0.3 is 0 Å². The van der Waals surface area contributed by atoms with Gasteiger partial charge in [0.2, 0.25) is 0 Å². The third-order valence-corrected chi connectivity index (χ3v) is 5.97. The van der Waals surface area contributed by atoms with Gasteiger partial charge in [0.25, 0.3) is 0 Å². The van der Waals surface area contributed by atoms with Gasteiger partial charge in [0.05, 0.1) is 9.83 Å². The molecule has 0 fully saturated rings. The van der Waals surface area contributed by atoms with E-state index in [1.54, 1.807) is 0 Å². The zero-order valence-electron chi connectivity index (χ0n) is 12.1. The van der Waals surface area contributed by atoms with Gasteiger partial charge in [-0.3, -0.25) is 0 Å². The van der Waals surface area contributed by atoms with Crippen molar-refractivity contribution in [3.63, 3.8) is 0 Å². The smallest absolute Gasteiger partial charge is 0.0826 e. The summed E-state index contributed by atoms with van der Waals surface area (Å²) in [6.07, 6.45) is 1.10. The van der Waals surface area contributed by atoms with Crippen LogP contribution in [0.4, 0.5) is 0 Å². The summed E-state index contributed by atoms with van der Waals surface area (Å²) in [5.41, 5.74) is 6.82. The topological polar surface area (TPSA) is 27.8 Å². The first-order valence-corrected chi connectivity index (χ1v) is 8.85. The van der Waals surface area contributed by atoms with Crippen molar-refractivity contribution in [3.05, 3.63) is 55.3 Å². The molecule has 2 N–H and O–H groups in total. The number of nitrogens with one attached hydrogen (secondary N) is 2. The van der Waals surface area contributed by atoms with Gasteiger partial charge in [-0.15, -0.1) is 11.3 Å². The molecule has 1 aliphatic heterocycles. The number of hydrogen-bond donors (Lipinski definition) is 2. The summed E-state index contributed by atoms with van der Waals surface area (Å²) < 4.78 is 1.19. The second kappa shape index (κ2) is 4.97. The van der Waals surface area contributed by atoms with Crippen molar-refractivity contribution in [3.8, 4) is 0 Å². The highest BCUT2D eigenvalue weighted by molar-refractivity contribution is 9.11. The second-order valence-electron chi connectivity index (χ2n) is 5.80. The van der Waals surface area contributed by atoms with Crippen LogP contribution in [-0.2, 0) is 6.42 Å². The van der Waals surface area contributed by atoms with Crippen LogP contribution >= 0.6 is 27.3 Å². The molecule has 0 saturated heterocycles. The van der Waals surface area contributed by atoms with Crippen molar-refractivity contribution >= 4 is 38.2 Å². The molecular weight excluding hydrogens is 344 g/mol. The van der Waals surface area contributed by atoms with Crippen LogP contribution in [0.25, 0.3) is 10.9 Å². The minimum absolute atomic E-state index is 0.289. The van der Waals surface area contributed by atoms with Gasteiger partial charge in [0.1, 0.15) is 0 Å². The first-order chi connectivity index (χ1) is 10.1. The van der Waals surface area contributed by atoms with E-state index in [1.165, 1.54) is 42.0 Å². The standard InChI is InChI=1S/C17H17BrN2S/c1-9-7-10(2)15-12(8-9)11-5-6-19-17(16(11)20-15)13-3-4-14(18)21-13/h3-4,7-8,17,19-20H,5-6H2,1-2H3. The molecule has 0 bridgehead atoms. The highest BCUT2D eigenvalue weighted by Crippen LogP contribution is 2.38. The molecule has 0 radical (unpaired) electrons. The minimum atomic E-state index is 0.289. The maximum atomic E-state index is 3.70. The number of aromatic amines is 1. The number of hydrogen-bond acceptors (Lipinski definition) is 2. The molecule has 108 valence electrons. The molecule has 4 rings (SSSR count). The fourth-order valence-corrected chi connectivity index (χ4v) is 4.92. The Kier molecular flexibility index (Phi) is 3.21. The molecule has 0 aliphatic carbocycles. The molecule has 2 aromatic heterocycles. The van der Waals surface area contributed by atoms with E-state index in [0.29, 0.717) is 0 Å². The van der Waals surface area contributed by atoms with E-state index in [9.17, 15) is 0 Å². The molecule has 0 spiro atoms. The van der Waals surface area contributed by atoms with Gasteiger partial charge in [-0.25, -0.2) is 0 Å². The fraction of sp³-hybridized carbons (Fsp3) is 0.294. The molecule has 21 heavy (non-hydrogen) atoms. The molecule has 1 aromatic carbocycles. The SMILES string of the molecule is Cc1cc(C)c2[nH]c3c(c2c1)CCNC3c1ccc(Br)s1. The number of aromatic nitrogens is 1. The molecule has 0 amide bonds. The summed E-state index contributed by atoms with van der Waals surface area (Å²) in [6, 6.07) is 9.22. The molecule has 0 saturated carbocycles. The molecule has 1 atom stereocenters. The average Bonchev–Trinajstić information content (AvgIpc) is 3.03. The van der Waals surface area contributed by atoms with E-state index in [4.69, 9.17) is 0 Å². The molecule has 3 aromatic rings. The Bertz CT molecular complexity index is 831. The molecule has 1 aliphatic rings. The van der Waals surface area contributed by atoms with Crippen molar-refractivity contribution in [2.24, 2.45) is 0 Å². The number of rotatable bonds is 1. The highest BCUT2D eigenvalue weighted by atomic mass is 79.9. The van der Waals surface area contributed by atoms with Crippen LogP contribution < -0.4 is 5.32 Å². The number of H-pyrrole nitrogens is 1. The van der Waals surface area contributed by atoms with E-state index < -0.39 is 0 Å². The summed E-state index contributed by atoms with van der Waals surface area (Å²) in [4.78, 5) is 5.06. The number of aryl methyl sites for hydroxylation is 2. The number of thiophene rings is 1. The van der Waals surface area contributed by atoms with Crippen LogP contribution in [-0.4, -0.2) is 11.5 Å². The molecule has 2 nitrogen and oxygen atoms in total.